The van der Waals surface area contributed by atoms with Crippen molar-refractivity contribution >= 4 is 33.2 Å². The molecule has 0 N–H and O–H groups in total. The van der Waals surface area contributed by atoms with Gasteiger partial charge < -0.3 is 9.47 Å². The second-order valence-electron chi connectivity index (χ2n) is 18.6. The van der Waals surface area contributed by atoms with Crippen LogP contribution in [0.25, 0.3) is 60.9 Å². The fraction of sp³-hybridized carbons (Fsp3) is 0.193. The van der Waals surface area contributed by atoms with Crippen LogP contribution < -0.4 is 4.90 Å². The topological polar surface area (TPSA) is 8.17 Å². The molecule has 0 radical (unpaired) electrons. The van der Waals surface area contributed by atoms with Gasteiger partial charge in [0.05, 0.1) is 22.4 Å². The molecule has 0 amide bonds. The van der Waals surface area contributed by atoms with Crippen LogP contribution in [0.1, 0.15) is 77.6 Å². The second kappa shape index (κ2) is 12.3. The van der Waals surface area contributed by atoms with Crippen LogP contribution in [0.3, 0.4) is 0 Å². The van der Waals surface area contributed by atoms with Crippen LogP contribution in [-0.2, 0) is 16.2 Å². The number of hydrogen-bond donors (Lipinski definition) is 0. The molecule has 1 aliphatic carbocycles. The normalized spacial score (nSPS) is 17.5. The molecule has 1 aromatic heterocycles. The van der Waals surface area contributed by atoms with Crippen molar-refractivity contribution in [3.63, 3.8) is 0 Å². The zero-order chi connectivity index (χ0) is 40.6. The van der Waals surface area contributed by atoms with E-state index in [9.17, 15) is 0 Å². The maximum Gasteiger partial charge on any atom is 0.0544 e. The van der Waals surface area contributed by atoms with Gasteiger partial charge in [-0.3, -0.25) is 0 Å². The van der Waals surface area contributed by atoms with E-state index in [1.54, 1.807) is 0 Å². The Kier molecular flexibility index (Phi) is 7.47. The number of aromatic nitrogens is 1. The first-order valence-electron chi connectivity index (χ1n) is 21.2. The lowest BCUT2D eigenvalue weighted by Gasteiger charge is -2.51. The molecule has 0 spiro atoms. The summed E-state index contributed by atoms with van der Waals surface area (Å²) in [6.07, 6.45) is 2.36. The summed E-state index contributed by atoms with van der Waals surface area (Å²) in [7, 11) is 0. The largest absolute Gasteiger partial charge is 0.310 e. The van der Waals surface area contributed by atoms with Gasteiger partial charge in [-0.05, 0) is 135 Å². The van der Waals surface area contributed by atoms with E-state index in [-0.39, 0.29) is 16.2 Å². The molecule has 11 rings (SSSR count). The minimum atomic E-state index is -0.192. The first-order chi connectivity index (χ1) is 28.4. The highest BCUT2D eigenvalue weighted by atomic mass is 15.2. The lowest BCUT2D eigenvalue weighted by atomic mass is 9.65. The smallest absolute Gasteiger partial charge is 0.0544 e. The van der Waals surface area contributed by atoms with Crippen LogP contribution in [-0.4, -0.2) is 4.57 Å². The number of allylic oxidation sites excluding steroid dienone is 3. The van der Waals surface area contributed by atoms with E-state index < -0.39 is 0 Å². The van der Waals surface area contributed by atoms with Crippen LogP contribution in [0, 0.1) is 0 Å². The number of fused-ring (bicyclic) bond motifs is 11. The molecule has 3 aliphatic rings. The van der Waals surface area contributed by atoms with Crippen molar-refractivity contribution in [3.8, 4) is 39.1 Å². The molecule has 7 aromatic carbocycles. The predicted octanol–water partition coefficient (Wildman–Crippen LogP) is 15.4. The van der Waals surface area contributed by atoms with Gasteiger partial charge in [-0.1, -0.05) is 145 Å². The third-order valence-electron chi connectivity index (χ3n) is 14.5. The molecule has 2 aliphatic heterocycles. The van der Waals surface area contributed by atoms with E-state index in [1.165, 1.54) is 111 Å². The molecule has 0 bridgehead atoms. The van der Waals surface area contributed by atoms with Crippen LogP contribution in [0.15, 0.2) is 175 Å². The average Bonchev–Trinajstić information content (AvgIpc) is 3.69. The van der Waals surface area contributed by atoms with E-state index in [2.05, 4.69) is 223 Å². The third kappa shape index (κ3) is 4.87. The lowest BCUT2D eigenvalue weighted by molar-refractivity contribution is 0.565. The van der Waals surface area contributed by atoms with Crippen LogP contribution in [0.5, 0.6) is 0 Å². The number of para-hydroxylation sites is 1. The number of anilines is 2. The summed E-state index contributed by atoms with van der Waals surface area (Å²) in [5.74, 6) is 0. The van der Waals surface area contributed by atoms with E-state index in [1.807, 2.05) is 0 Å². The Morgan fingerprint density at radius 1 is 0.441 bits per heavy atom. The minimum Gasteiger partial charge on any atom is -0.310 e. The van der Waals surface area contributed by atoms with E-state index in [4.69, 9.17) is 0 Å². The molecule has 0 atom stereocenters. The van der Waals surface area contributed by atoms with E-state index >= 15 is 0 Å². The van der Waals surface area contributed by atoms with Crippen molar-refractivity contribution in [3.05, 3.63) is 197 Å². The van der Waals surface area contributed by atoms with Gasteiger partial charge in [-0.25, -0.2) is 0 Å². The number of benzene rings is 7. The van der Waals surface area contributed by atoms with Crippen LogP contribution in [0.4, 0.5) is 11.4 Å². The molecule has 0 fully saturated rings. The average molecular weight is 763 g/mol. The highest BCUT2D eigenvalue weighted by molar-refractivity contribution is 6.13. The molecular weight excluding hydrogens is 713 g/mol. The summed E-state index contributed by atoms with van der Waals surface area (Å²) in [5.41, 5.74) is 23.1. The maximum absolute atomic E-state index is 2.55. The summed E-state index contributed by atoms with van der Waals surface area (Å²) < 4.78 is 2.49. The van der Waals surface area contributed by atoms with Gasteiger partial charge in [0.2, 0.25) is 0 Å². The molecule has 59 heavy (non-hydrogen) atoms. The highest BCUT2D eigenvalue weighted by Crippen LogP contribution is 2.58. The minimum absolute atomic E-state index is 0.0688. The summed E-state index contributed by atoms with van der Waals surface area (Å²) in [4.78, 5) is 2.55. The van der Waals surface area contributed by atoms with Crippen molar-refractivity contribution in [2.75, 3.05) is 4.90 Å². The van der Waals surface area contributed by atoms with E-state index in [0.29, 0.717) is 0 Å². The fourth-order valence-electron chi connectivity index (χ4n) is 11.0. The maximum atomic E-state index is 2.55. The predicted molar refractivity (Wildman–Crippen MR) is 250 cm³/mol. The van der Waals surface area contributed by atoms with Crippen molar-refractivity contribution in [1.29, 1.82) is 0 Å². The first-order valence-corrected chi connectivity index (χ1v) is 21.2. The number of hydrogen-bond acceptors (Lipinski definition) is 1. The Morgan fingerprint density at radius 3 is 1.81 bits per heavy atom. The monoisotopic (exact) mass is 762 g/mol. The van der Waals surface area contributed by atoms with Gasteiger partial charge in [0, 0.05) is 38.4 Å². The molecule has 0 unspecified atom stereocenters. The SMILES string of the molecule is CC=C1C2=C(C)C(C)(C)c3ccccc3N2c2ccc(-c3ccc4c(c3)c3cc5c(cc3n4-c3ccc(-c4ccccc4)cc3)C(C)(C)c3ccccc3-5)cc2C1(C)C. The Labute approximate surface area is 348 Å². The van der Waals surface area contributed by atoms with Gasteiger partial charge in [-0.2, -0.15) is 0 Å². The van der Waals surface area contributed by atoms with Crippen LogP contribution >= 0.6 is 0 Å². The number of rotatable bonds is 3. The quantitative estimate of drug-likeness (QED) is 0.174. The van der Waals surface area contributed by atoms with E-state index in [0.717, 1.165) is 0 Å². The molecule has 3 heterocycles. The van der Waals surface area contributed by atoms with Gasteiger partial charge in [0.1, 0.15) is 0 Å². The molecular formula is C57H50N2. The van der Waals surface area contributed by atoms with Crippen molar-refractivity contribution in [2.24, 2.45) is 0 Å². The van der Waals surface area contributed by atoms with Crippen molar-refractivity contribution < 1.29 is 0 Å². The standard InChI is InChI=1S/C57H50N2/c1-9-45-54-35(2)55(3,4)47-21-15-16-22-51(47)59(54)52-30-26-39(32-49(52)56(45,5)6)38-25-29-50-43(31-38)44-33-42-41-19-13-14-20-46(41)57(7,8)48(42)34-53(44)58(50)40-27-23-37(24-28-40)36-17-11-10-12-18-36/h9-34H,1-8H3. The number of nitrogens with zero attached hydrogens (tertiary/aromatic N) is 2. The zero-order valence-electron chi connectivity index (χ0n) is 35.4. The van der Waals surface area contributed by atoms with Crippen LogP contribution in [0.2, 0.25) is 0 Å². The second-order valence-corrected chi connectivity index (χ2v) is 18.6. The Bertz CT molecular complexity index is 3130. The molecule has 288 valence electrons. The summed E-state index contributed by atoms with van der Waals surface area (Å²) in [5, 5.41) is 2.56. The molecule has 8 aromatic rings. The van der Waals surface area contributed by atoms with Crippen molar-refractivity contribution in [1.82, 2.24) is 4.57 Å². The van der Waals surface area contributed by atoms with Crippen molar-refractivity contribution in [2.45, 2.75) is 71.6 Å². The molecule has 2 heteroatoms. The third-order valence-corrected chi connectivity index (χ3v) is 14.5. The molecule has 2 nitrogen and oxygen atoms in total. The van der Waals surface area contributed by atoms with Gasteiger partial charge in [0.15, 0.2) is 0 Å². The molecule has 0 saturated heterocycles. The molecule has 0 saturated carbocycles. The van der Waals surface area contributed by atoms with Gasteiger partial charge >= 0.3 is 0 Å². The lowest BCUT2D eigenvalue weighted by Crippen LogP contribution is -2.42. The highest BCUT2D eigenvalue weighted by Gasteiger charge is 2.46. The zero-order valence-corrected chi connectivity index (χ0v) is 35.4. The van der Waals surface area contributed by atoms with Gasteiger partial charge in [0.25, 0.3) is 0 Å². The fourth-order valence-corrected chi connectivity index (χ4v) is 11.0. The Morgan fingerprint density at radius 2 is 1.05 bits per heavy atom. The Hall–Kier alpha value is -6.38. The summed E-state index contributed by atoms with van der Waals surface area (Å²) >= 11 is 0. The first kappa shape index (κ1) is 35.8. The Balaban J connectivity index is 1.12. The summed E-state index contributed by atoms with van der Waals surface area (Å²) in [6.45, 7) is 18.9. The van der Waals surface area contributed by atoms with Gasteiger partial charge in [-0.15, -0.1) is 0 Å². The summed E-state index contributed by atoms with van der Waals surface area (Å²) in [6, 6.07) is 57.1.